The molecule has 3 fully saturated rings. The molecule has 0 bridgehead atoms. The molecule has 1 aliphatic carbocycles. The summed E-state index contributed by atoms with van der Waals surface area (Å²) in [5.41, 5.74) is 3.29. The van der Waals surface area contributed by atoms with E-state index in [2.05, 4.69) is 22.0 Å². The molecule has 7 heteroatoms. The highest BCUT2D eigenvalue weighted by atomic mass is 16.2. The second-order valence-electron chi connectivity index (χ2n) is 8.99. The summed E-state index contributed by atoms with van der Waals surface area (Å²) in [6, 6.07) is 5.94. The lowest BCUT2D eigenvalue weighted by Gasteiger charge is -2.51. The van der Waals surface area contributed by atoms with E-state index in [0.717, 1.165) is 25.2 Å². The number of piperidine rings is 2. The van der Waals surface area contributed by atoms with Crippen molar-refractivity contribution in [3.63, 3.8) is 0 Å². The highest BCUT2D eigenvalue weighted by Crippen LogP contribution is 2.47. The highest BCUT2D eigenvalue weighted by Gasteiger charge is 2.45. The van der Waals surface area contributed by atoms with Gasteiger partial charge in [0.15, 0.2) is 0 Å². The predicted molar refractivity (Wildman–Crippen MR) is 107 cm³/mol. The van der Waals surface area contributed by atoms with E-state index in [9.17, 15) is 14.4 Å². The van der Waals surface area contributed by atoms with Gasteiger partial charge in [0, 0.05) is 37.7 Å². The number of amides is 3. The van der Waals surface area contributed by atoms with Gasteiger partial charge in [-0.05, 0) is 54.8 Å². The van der Waals surface area contributed by atoms with Crippen molar-refractivity contribution in [1.29, 1.82) is 0 Å². The van der Waals surface area contributed by atoms with Crippen LogP contribution in [-0.2, 0) is 22.7 Å². The Hall–Kier alpha value is -2.25. The summed E-state index contributed by atoms with van der Waals surface area (Å²) >= 11 is 0. The van der Waals surface area contributed by atoms with Crippen molar-refractivity contribution < 1.29 is 14.4 Å². The lowest BCUT2D eigenvalue weighted by atomic mass is 9.61. The fourth-order valence-electron chi connectivity index (χ4n) is 5.47. The van der Waals surface area contributed by atoms with Crippen LogP contribution in [0.15, 0.2) is 18.2 Å². The topological polar surface area (TPSA) is 90.5 Å². The van der Waals surface area contributed by atoms with Crippen LogP contribution in [0.25, 0.3) is 0 Å². The molecule has 3 heterocycles. The summed E-state index contributed by atoms with van der Waals surface area (Å²) < 4.78 is 0. The van der Waals surface area contributed by atoms with Gasteiger partial charge >= 0.3 is 0 Å². The molecule has 4 aliphatic rings. The first kappa shape index (κ1) is 18.8. The van der Waals surface area contributed by atoms with Gasteiger partial charge in [-0.15, -0.1) is 0 Å². The zero-order valence-electron chi connectivity index (χ0n) is 16.6. The van der Waals surface area contributed by atoms with Crippen LogP contribution in [0.3, 0.4) is 0 Å². The van der Waals surface area contributed by atoms with Crippen LogP contribution in [0.5, 0.6) is 0 Å². The molecule has 0 aromatic heterocycles. The third-order valence-corrected chi connectivity index (χ3v) is 7.38. The molecule has 3 aliphatic heterocycles. The fourth-order valence-corrected chi connectivity index (χ4v) is 5.47. The number of benzene rings is 1. The summed E-state index contributed by atoms with van der Waals surface area (Å²) in [6.07, 6.45) is 5.93. The van der Waals surface area contributed by atoms with Crippen molar-refractivity contribution in [3.05, 3.63) is 34.9 Å². The van der Waals surface area contributed by atoms with E-state index in [1.54, 1.807) is 4.90 Å². The molecular formula is C22H28N4O3. The average molecular weight is 396 g/mol. The molecule has 1 saturated carbocycles. The first-order chi connectivity index (χ1) is 14.1. The lowest BCUT2D eigenvalue weighted by molar-refractivity contribution is -0.136. The standard InChI is InChI=1S/C22H28N4O3/c27-19-5-4-17(20(28)25-19)26-13-15-10-14(2-3-16(15)21(26)29)11-24-18-12-23-9-8-22(18)6-1-7-22/h2-3,10,17-18,23-24H,1,4-9,11-13H2,(H,25,27,28). The van der Waals surface area contributed by atoms with E-state index in [-0.39, 0.29) is 24.1 Å². The number of fused-ring (bicyclic) bond motifs is 1. The van der Waals surface area contributed by atoms with E-state index in [0.29, 0.717) is 30.0 Å². The average Bonchev–Trinajstić information content (AvgIpc) is 3.01. The van der Waals surface area contributed by atoms with Gasteiger partial charge in [0.2, 0.25) is 11.8 Å². The second kappa shape index (κ2) is 7.22. The molecule has 154 valence electrons. The maximum atomic E-state index is 12.8. The van der Waals surface area contributed by atoms with Crippen molar-refractivity contribution in [1.82, 2.24) is 20.9 Å². The van der Waals surface area contributed by atoms with Gasteiger partial charge < -0.3 is 15.5 Å². The van der Waals surface area contributed by atoms with Crippen molar-refractivity contribution >= 4 is 17.7 Å². The molecule has 1 spiro atoms. The Morgan fingerprint density at radius 1 is 1.17 bits per heavy atom. The van der Waals surface area contributed by atoms with Crippen LogP contribution in [0, 0.1) is 5.41 Å². The van der Waals surface area contributed by atoms with Crippen molar-refractivity contribution in [2.45, 2.75) is 63.7 Å². The molecule has 2 atom stereocenters. The van der Waals surface area contributed by atoms with Crippen molar-refractivity contribution in [2.75, 3.05) is 13.1 Å². The maximum Gasteiger partial charge on any atom is 0.255 e. The zero-order chi connectivity index (χ0) is 20.0. The number of carbonyl (C=O) groups excluding carboxylic acids is 3. The van der Waals surface area contributed by atoms with Crippen LogP contribution >= 0.6 is 0 Å². The van der Waals surface area contributed by atoms with Gasteiger partial charge in [-0.25, -0.2) is 0 Å². The molecular weight excluding hydrogens is 368 g/mol. The molecule has 1 aromatic rings. The SMILES string of the molecule is O=C1CCC(N2Cc3cc(CNC4CNCCC45CCC5)ccc3C2=O)C(=O)N1. The van der Waals surface area contributed by atoms with Gasteiger partial charge in [0.25, 0.3) is 5.91 Å². The highest BCUT2D eigenvalue weighted by molar-refractivity contribution is 6.05. The van der Waals surface area contributed by atoms with E-state index in [1.165, 1.54) is 31.2 Å². The first-order valence-corrected chi connectivity index (χ1v) is 10.8. The number of imide groups is 1. The Bertz CT molecular complexity index is 864. The zero-order valence-corrected chi connectivity index (χ0v) is 16.6. The minimum atomic E-state index is -0.555. The number of carbonyl (C=O) groups is 3. The Morgan fingerprint density at radius 3 is 2.79 bits per heavy atom. The summed E-state index contributed by atoms with van der Waals surface area (Å²) in [5.74, 6) is -0.732. The van der Waals surface area contributed by atoms with E-state index in [1.807, 2.05) is 12.1 Å². The van der Waals surface area contributed by atoms with Gasteiger partial charge in [0.1, 0.15) is 6.04 Å². The summed E-state index contributed by atoms with van der Waals surface area (Å²) in [5, 5.41) is 9.63. The van der Waals surface area contributed by atoms with Gasteiger partial charge in [-0.3, -0.25) is 19.7 Å². The molecule has 1 aromatic carbocycles. The molecule has 2 unspecified atom stereocenters. The van der Waals surface area contributed by atoms with Crippen molar-refractivity contribution in [2.24, 2.45) is 5.41 Å². The Balaban J connectivity index is 1.26. The van der Waals surface area contributed by atoms with Gasteiger partial charge in [-0.2, -0.15) is 0 Å². The maximum absolute atomic E-state index is 12.8. The smallest absolute Gasteiger partial charge is 0.255 e. The number of nitrogens with one attached hydrogen (secondary N) is 3. The first-order valence-electron chi connectivity index (χ1n) is 10.8. The third kappa shape index (κ3) is 3.26. The number of hydrogen-bond acceptors (Lipinski definition) is 5. The lowest BCUT2D eigenvalue weighted by Crippen LogP contribution is -2.58. The summed E-state index contributed by atoms with van der Waals surface area (Å²) in [7, 11) is 0. The predicted octanol–water partition coefficient (Wildman–Crippen LogP) is 1.07. The minimum Gasteiger partial charge on any atom is -0.322 e. The number of hydrogen-bond donors (Lipinski definition) is 3. The normalized spacial score (nSPS) is 28.3. The Morgan fingerprint density at radius 2 is 2.03 bits per heavy atom. The molecule has 5 rings (SSSR count). The molecule has 2 saturated heterocycles. The summed E-state index contributed by atoms with van der Waals surface area (Å²) in [6.45, 7) is 3.36. The van der Waals surface area contributed by atoms with Gasteiger partial charge in [-0.1, -0.05) is 18.6 Å². The van der Waals surface area contributed by atoms with Crippen LogP contribution in [0.1, 0.15) is 60.0 Å². The summed E-state index contributed by atoms with van der Waals surface area (Å²) in [4.78, 5) is 38.0. The third-order valence-electron chi connectivity index (χ3n) is 7.38. The molecule has 3 amide bonds. The van der Waals surface area contributed by atoms with Crippen LogP contribution in [0.4, 0.5) is 0 Å². The number of nitrogens with zero attached hydrogens (tertiary/aromatic N) is 1. The monoisotopic (exact) mass is 396 g/mol. The van der Waals surface area contributed by atoms with Crippen molar-refractivity contribution in [3.8, 4) is 0 Å². The van der Waals surface area contributed by atoms with E-state index < -0.39 is 6.04 Å². The molecule has 29 heavy (non-hydrogen) atoms. The van der Waals surface area contributed by atoms with E-state index in [4.69, 9.17) is 0 Å². The van der Waals surface area contributed by atoms with Crippen LogP contribution in [0.2, 0.25) is 0 Å². The molecule has 3 N–H and O–H groups in total. The Labute approximate surface area is 170 Å². The Kier molecular flexibility index (Phi) is 4.67. The van der Waals surface area contributed by atoms with Gasteiger partial charge in [0.05, 0.1) is 0 Å². The van der Waals surface area contributed by atoms with Crippen LogP contribution < -0.4 is 16.0 Å². The minimum absolute atomic E-state index is 0.112. The largest absolute Gasteiger partial charge is 0.322 e. The fraction of sp³-hybridized carbons (Fsp3) is 0.591. The molecule has 0 radical (unpaired) electrons. The van der Waals surface area contributed by atoms with E-state index >= 15 is 0 Å². The quantitative estimate of drug-likeness (QED) is 0.663. The molecule has 7 nitrogen and oxygen atoms in total. The van der Waals surface area contributed by atoms with Crippen LogP contribution in [-0.4, -0.2) is 47.8 Å². The number of rotatable bonds is 4. The second-order valence-corrected chi connectivity index (χ2v) is 8.99.